The van der Waals surface area contributed by atoms with Gasteiger partial charge in [-0.3, -0.25) is 4.79 Å². The minimum absolute atomic E-state index is 0.167. The van der Waals surface area contributed by atoms with E-state index in [1.165, 1.54) is 24.3 Å². The lowest BCUT2D eigenvalue weighted by atomic mass is 10.0. The van der Waals surface area contributed by atoms with Crippen molar-refractivity contribution in [2.75, 3.05) is 0 Å². The van der Waals surface area contributed by atoms with E-state index in [0.29, 0.717) is 21.7 Å². The molecular formula is C15H10ClF3O3. The van der Waals surface area contributed by atoms with E-state index < -0.39 is 12.3 Å². The molecule has 1 N–H and O–H groups in total. The Balaban J connectivity index is 2.29. The standard InChI is InChI=1S/C15H10ClF3O3/c16-13-6-1-9(8-14(20)21)7-12(13)10-2-4-11(5-3-10)22-15(17,18)19/h1-7H,8H2,(H,20,21). The first-order chi connectivity index (χ1) is 10.2. The van der Waals surface area contributed by atoms with Crippen molar-refractivity contribution in [1.82, 2.24) is 0 Å². The van der Waals surface area contributed by atoms with Gasteiger partial charge < -0.3 is 9.84 Å². The van der Waals surface area contributed by atoms with Crippen LogP contribution in [0.1, 0.15) is 5.56 Å². The van der Waals surface area contributed by atoms with E-state index in [1.807, 2.05) is 0 Å². The number of ether oxygens (including phenoxy) is 1. The van der Waals surface area contributed by atoms with Gasteiger partial charge in [0.05, 0.1) is 6.42 Å². The lowest BCUT2D eigenvalue weighted by molar-refractivity contribution is -0.274. The van der Waals surface area contributed by atoms with Gasteiger partial charge in [0.1, 0.15) is 5.75 Å². The number of hydrogen-bond donors (Lipinski definition) is 1. The fraction of sp³-hybridized carbons (Fsp3) is 0.133. The molecule has 0 spiro atoms. The molecular weight excluding hydrogens is 321 g/mol. The van der Waals surface area contributed by atoms with Gasteiger partial charge in [-0.05, 0) is 35.4 Å². The number of carbonyl (C=O) groups is 1. The molecule has 0 radical (unpaired) electrons. The van der Waals surface area contributed by atoms with Gasteiger partial charge in [0.2, 0.25) is 0 Å². The van der Waals surface area contributed by atoms with E-state index in [2.05, 4.69) is 4.74 Å². The summed E-state index contributed by atoms with van der Waals surface area (Å²) >= 11 is 6.05. The van der Waals surface area contributed by atoms with Crippen LogP contribution in [0.15, 0.2) is 42.5 Å². The monoisotopic (exact) mass is 330 g/mol. The Labute approximate surface area is 128 Å². The van der Waals surface area contributed by atoms with Crippen LogP contribution in [0, 0.1) is 0 Å². The van der Waals surface area contributed by atoms with Crippen molar-refractivity contribution in [3.63, 3.8) is 0 Å². The van der Waals surface area contributed by atoms with Gasteiger partial charge in [-0.1, -0.05) is 29.8 Å². The van der Waals surface area contributed by atoms with Crippen molar-refractivity contribution in [2.24, 2.45) is 0 Å². The molecule has 2 rings (SSSR count). The number of alkyl halides is 3. The van der Waals surface area contributed by atoms with Crippen LogP contribution >= 0.6 is 11.6 Å². The van der Waals surface area contributed by atoms with E-state index in [1.54, 1.807) is 18.2 Å². The molecule has 0 aliphatic rings. The van der Waals surface area contributed by atoms with Crippen LogP contribution in [0.4, 0.5) is 13.2 Å². The maximum Gasteiger partial charge on any atom is 0.573 e. The largest absolute Gasteiger partial charge is 0.573 e. The molecule has 116 valence electrons. The molecule has 0 saturated heterocycles. The highest BCUT2D eigenvalue weighted by Crippen LogP contribution is 2.31. The van der Waals surface area contributed by atoms with Crippen molar-refractivity contribution in [1.29, 1.82) is 0 Å². The highest BCUT2D eigenvalue weighted by Gasteiger charge is 2.30. The molecule has 0 aliphatic heterocycles. The zero-order valence-corrected chi connectivity index (χ0v) is 11.8. The van der Waals surface area contributed by atoms with Crippen LogP contribution in [0.2, 0.25) is 5.02 Å². The van der Waals surface area contributed by atoms with Crippen LogP contribution in [0.5, 0.6) is 5.75 Å². The van der Waals surface area contributed by atoms with Crippen molar-refractivity contribution in [3.8, 4) is 16.9 Å². The maximum absolute atomic E-state index is 12.1. The van der Waals surface area contributed by atoms with E-state index in [4.69, 9.17) is 16.7 Å². The van der Waals surface area contributed by atoms with E-state index in [0.717, 1.165) is 0 Å². The normalized spacial score (nSPS) is 11.3. The summed E-state index contributed by atoms with van der Waals surface area (Å²) in [5.74, 6) is -1.32. The van der Waals surface area contributed by atoms with Gasteiger partial charge >= 0.3 is 12.3 Å². The summed E-state index contributed by atoms with van der Waals surface area (Å²) in [6.07, 6.45) is -4.92. The molecule has 0 amide bonds. The smallest absolute Gasteiger partial charge is 0.481 e. The zero-order valence-electron chi connectivity index (χ0n) is 11.0. The van der Waals surface area contributed by atoms with Gasteiger partial charge in [0, 0.05) is 10.6 Å². The number of rotatable bonds is 4. The van der Waals surface area contributed by atoms with Crippen molar-refractivity contribution >= 4 is 17.6 Å². The Hall–Kier alpha value is -2.21. The van der Waals surface area contributed by atoms with Gasteiger partial charge in [-0.25, -0.2) is 0 Å². The van der Waals surface area contributed by atoms with Gasteiger partial charge in [-0.2, -0.15) is 0 Å². The zero-order chi connectivity index (χ0) is 16.3. The lowest BCUT2D eigenvalue weighted by Crippen LogP contribution is -2.16. The van der Waals surface area contributed by atoms with Crippen LogP contribution in [0.25, 0.3) is 11.1 Å². The molecule has 7 heteroatoms. The Kier molecular flexibility index (Phi) is 4.61. The molecule has 0 bridgehead atoms. The molecule has 0 aliphatic carbocycles. The molecule has 22 heavy (non-hydrogen) atoms. The van der Waals surface area contributed by atoms with Crippen molar-refractivity contribution in [2.45, 2.75) is 12.8 Å². The molecule has 3 nitrogen and oxygen atoms in total. The summed E-state index contributed by atoms with van der Waals surface area (Å²) in [6, 6.07) is 9.91. The Morgan fingerprint density at radius 1 is 1.14 bits per heavy atom. The third-order valence-corrected chi connectivity index (χ3v) is 3.11. The SMILES string of the molecule is O=C(O)Cc1ccc(Cl)c(-c2ccc(OC(F)(F)F)cc2)c1. The minimum atomic E-state index is -4.75. The third kappa shape index (κ3) is 4.39. The highest BCUT2D eigenvalue weighted by molar-refractivity contribution is 6.33. The average Bonchev–Trinajstić information content (AvgIpc) is 2.40. The molecule has 2 aromatic carbocycles. The summed E-state index contributed by atoms with van der Waals surface area (Å²) in [7, 11) is 0. The summed E-state index contributed by atoms with van der Waals surface area (Å²) in [6.45, 7) is 0. The molecule has 0 atom stereocenters. The molecule has 0 fully saturated rings. The minimum Gasteiger partial charge on any atom is -0.481 e. The summed E-state index contributed by atoms with van der Waals surface area (Å²) in [5, 5.41) is 9.16. The second-order valence-corrected chi connectivity index (χ2v) is 4.86. The van der Waals surface area contributed by atoms with Crippen LogP contribution in [-0.2, 0) is 11.2 Å². The number of aliphatic carboxylic acids is 1. The van der Waals surface area contributed by atoms with Crippen molar-refractivity contribution < 1.29 is 27.8 Å². The van der Waals surface area contributed by atoms with Gasteiger partial charge in [-0.15, -0.1) is 13.2 Å². The fourth-order valence-corrected chi connectivity index (χ4v) is 2.14. The Bertz CT molecular complexity index is 681. The maximum atomic E-state index is 12.1. The topological polar surface area (TPSA) is 46.5 Å². The predicted octanol–water partition coefficient (Wildman–Crippen LogP) is 4.53. The quantitative estimate of drug-likeness (QED) is 0.895. The predicted molar refractivity (Wildman–Crippen MR) is 74.9 cm³/mol. The number of carboxylic acids is 1. The fourth-order valence-electron chi connectivity index (χ4n) is 1.91. The first-order valence-corrected chi connectivity index (χ1v) is 6.49. The first kappa shape index (κ1) is 16.2. The Morgan fingerprint density at radius 2 is 1.77 bits per heavy atom. The Morgan fingerprint density at radius 3 is 2.32 bits per heavy atom. The molecule has 0 saturated carbocycles. The van der Waals surface area contributed by atoms with Crippen LogP contribution in [-0.4, -0.2) is 17.4 Å². The van der Waals surface area contributed by atoms with Crippen LogP contribution < -0.4 is 4.74 Å². The van der Waals surface area contributed by atoms with E-state index in [-0.39, 0.29) is 12.2 Å². The number of halogens is 4. The molecule has 0 aromatic heterocycles. The van der Waals surface area contributed by atoms with E-state index in [9.17, 15) is 18.0 Å². The van der Waals surface area contributed by atoms with Gasteiger partial charge in [0.25, 0.3) is 0 Å². The highest BCUT2D eigenvalue weighted by atomic mass is 35.5. The number of benzene rings is 2. The third-order valence-electron chi connectivity index (χ3n) is 2.79. The molecule has 2 aromatic rings. The summed E-state index contributed by atoms with van der Waals surface area (Å²) < 4.78 is 40.1. The van der Waals surface area contributed by atoms with Gasteiger partial charge in [0.15, 0.2) is 0 Å². The second-order valence-electron chi connectivity index (χ2n) is 4.46. The van der Waals surface area contributed by atoms with Crippen LogP contribution in [0.3, 0.4) is 0 Å². The number of hydrogen-bond acceptors (Lipinski definition) is 2. The second kappa shape index (κ2) is 6.27. The molecule has 0 unspecified atom stereocenters. The average molecular weight is 331 g/mol. The van der Waals surface area contributed by atoms with E-state index >= 15 is 0 Å². The summed E-state index contributed by atoms with van der Waals surface area (Å²) in [5.41, 5.74) is 1.65. The lowest BCUT2D eigenvalue weighted by Gasteiger charge is -2.10. The molecule has 0 heterocycles. The van der Waals surface area contributed by atoms with Crippen molar-refractivity contribution in [3.05, 3.63) is 53.1 Å². The first-order valence-electron chi connectivity index (χ1n) is 6.11. The summed E-state index contributed by atoms with van der Waals surface area (Å²) in [4.78, 5) is 10.7. The number of carboxylic acid groups (broad SMARTS) is 1.